The molecule has 0 aliphatic rings. The molecule has 0 radical (unpaired) electrons. The molecule has 0 fully saturated rings. The molecule has 0 aromatic heterocycles. The van der Waals surface area contributed by atoms with Gasteiger partial charge in [0.2, 0.25) is 0 Å². The molecule has 0 spiro atoms. The van der Waals surface area contributed by atoms with Gasteiger partial charge in [-0.25, -0.2) is 4.79 Å². The zero-order valence-electron chi connectivity index (χ0n) is 19.5. The quantitative estimate of drug-likeness (QED) is 0.416. The third-order valence-corrected chi connectivity index (χ3v) is 6.60. The molecule has 0 heterocycles. The van der Waals surface area contributed by atoms with E-state index in [-0.39, 0.29) is 19.6 Å². The fraction of sp³-hybridized carbons (Fsp3) is 0.458. The Morgan fingerprint density at radius 1 is 0.938 bits per heavy atom. The molecule has 1 N–H and O–H groups in total. The summed E-state index contributed by atoms with van der Waals surface area (Å²) in [5, 5.41) is 2.69. The molecule has 0 saturated heterocycles. The van der Waals surface area contributed by atoms with E-state index in [4.69, 9.17) is 18.5 Å². The van der Waals surface area contributed by atoms with Crippen LogP contribution in [0.4, 0.5) is 4.79 Å². The Morgan fingerprint density at radius 2 is 1.53 bits per heavy atom. The average molecular weight is 464 g/mol. The minimum absolute atomic E-state index is 0.191. The molecule has 0 aliphatic heterocycles. The zero-order chi connectivity index (χ0) is 23.6. The fourth-order valence-electron chi connectivity index (χ4n) is 2.95. The van der Waals surface area contributed by atoms with Gasteiger partial charge in [-0.2, -0.15) is 0 Å². The molecule has 2 aromatic carbocycles. The summed E-state index contributed by atoms with van der Waals surface area (Å²) in [5.41, 5.74) is 1.23. The van der Waals surface area contributed by atoms with Crippen LogP contribution < -0.4 is 10.1 Å². The van der Waals surface area contributed by atoms with E-state index in [1.54, 1.807) is 34.6 Å². The molecule has 2 rings (SSSR count). The van der Waals surface area contributed by atoms with E-state index < -0.39 is 25.1 Å². The van der Waals surface area contributed by atoms with E-state index in [1.807, 2.05) is 54.6 Å². The van der Waals surface area contributed by atoms with Crippen LogP contribution in [-0.4, -0.2) is 30.7 Å². The van der Waals surface area contributed by atoms with E-state index in [1.165, 1.54) is 0 Å². The molecule has 8 heteroatoms. The lowest BCUT2D eigenvalue weighted by molar-refractivity contribution is 0.0509. The average Bonchev–Trinajstić information content (AvgIpc) is 2.72. The molecule has 1 amide bonds. The molecule has 0 saturated carbocycles. The van der Waals surface area contributed by atoms with Crippen LogP contribution in [0.2, 0.25) is 0 Å². The number of alkyl carbamates (subject to hydrolysis) is 1. The van der Waals surface area contributed by atoms with Gasteiger partial charge in [-0.1, -0.05) is 42.5 Å². The largest absolute Gasteiger partial charge is 0.489 e. The molecular formula is C24H34NO6P. The van der Waals surface area contributed by atoms with Crippen LogP contribution in [0.3, 0.4) is 0 Å². The second kappa shape index (κ2) is 12.0. The van der Waals surface area contributed by atoms with Crippen LogP contribution in [0.5, 0.6) is 5.75 Å². The molecule has 32 heavy (non-hydrogen) atoms. The van der Waals surface area contributed by atoms with Gasteiger partial charge in [0.1, 0.15) is 23.7 Å². The van der Waals surface area contributed by atoms with E-state index in [0.717, 1.165) is 11.1 Å². The van der Waals surface area contributed by atoms with Gasteiger partial charge in [0, 0.05) is 6.42 Å². The lowest BCUT2D eigenvalue weighted by Gasteiger charge is -2.28. The maximum atomic E-state index is 13.4. The summed E-state index contributed by atoms with van der Waals surface area (Å²) in [6, 6.07) is 17.3. The predicted octanol–water partition coefficient (Wildman–Crippen LogP) is 5.93. The van der Waals surface area contributed by atoms with Crippen LogP contribution in [0.25, 0.3) is 0 Å². The van der Waals surface area contributed by atoms with Crippen molar-refractivity contribution in [2.24, 2.45) is 0 Å². The van der Waals surface area contributed by atoms with Gasteiger partial charge in [-0.15, -0.1) is 0 Å². The summed E-state index contributed by atoms with van der Waals surface area (Å²) in [6.07, 6.45) is -0.430. The highest BCUT2D eigenvalue weighted by Gasteiger charge is 2.38. The highest BCUT2D eigenvalue weighted by Crippen LogP contribution is 2.53. The maximum absolute atomic E-state index is 13.4. The standard InChI is InChI=1S/C24H34NO6P/c1-6-29-32(27,30-7-2)22(25-23(26)31-24(3,4)5)17-19-13-15-21(16-14-19)28-18-20-11-9-8-10-12-20/h8-16,22H,6-7,17-18H2,1-5H3,(H,25,26). The zero-order valence-corrected chi connectivity index (χ0v) is 20.4. The van der Waals surface area contributed by atoms with Crippen molar-refractivity contribution in [2.75, 3.05) is 13.2 Å². The van der Waals surface area contributed by atoms with Gasteiger partial charge in [0.25, 0.3) is 0 Å². The minimum atomic E-state index is -3.62. The Hall–Kier alpha value is -2.34. The molecule has 1 unspecified atom stereocenters. The smallest absolute Gasteiger partial charge is 0.408 e. The van der Waals surface area contributed by atoms with Crippen molar-refractivity contribution in [2.45, 2.75) is 59.0 Å². The Bertz CT molecular complexity index is 870. The lowest BCUT2D eigenvalue weighted by Crippen LogP contribution is -2.41. The highest BCUT2D eigenvalue weighted by atomic mass is 31.2. The number of benzene rings is 2. The number of carbonyl (C=O) groups excluding carboxylic acids is 1. The van der Waals surface area contributed by atoms with Gasteiger partial charge in [-0.3, -0.25) is 4.57 Å². The van der Waals surface area contributed by atoms with E-state index in [9.17, 15) is 9.36 Å². The summed E-state index contributed by atoms with van der Waals surface area (Å²) in [6.45, 7) is 9.60. The van der Waals surface area contributed by atoms with Gasteiger partial charge in [0.15, 0.2) is 0 Å². The first-order valence-corrected chi connectivity index (χ1v) is 12.4. The van der Waals surface area contributed by atoms with Crippen molar-refractivity contribution < 1.29 is 27.9 Å². The van der Waals surface area contributed by atoms with Crippen LogP contribution in [-0.2, 0) is 31.4 Å². The Kier molecular flexibility index (Phi) is 9.76. The van der Waals surface area contributed by atoms with Gasteiger partial charge < -0.3 is 23.8 Å². The SMILES string of the molecule is CCOP(=O)(OCC)C(Cc1ccc(OCc2ccccc2)cc1)NC(=O)OC(C)(C)C. The monoisotopic (exact) mass is 463 g/mol. The lowest BCUT2D eigenvalue weighted by atomic mass is 10.1. The van der Waals surface area contributed by atoms with Crippen molar-refractivity contribution in [1.82, 2.24) is 5.32 Å². The first-order chi connectivity index (χ1) is 15.1. The highest BCUT2D eigenvalue weighted by molar-refractivity contribution is 7.54. The summed E-state index contributed by atoms with van der Waals surface area (Å²) >= 11 is 0. The normalized spacial score (nSPS) is 12.8. The number of carbonyl (C=O) groups is 1. The van der Waals surface area contributed by atoms with E-state index in [2.05, 4.69) is 5.32 Å². The molecule has 7 nitrogen and oxygen atoms in total. The Morgan fingerprint density at radius 3 is 2.06 bits per heavy atom. The molecular weight excluding hydrogens is 429 g/mol. The Labute approximate surface area is 190 Å². The van der Waals surface area contributed by atoms with Crippen molar-refractivity contribution >= 4 is 13.7 Å². The van der Waals surface area contributed by atoms with Crippen molar-refractivity contribution in [3.8, 4) is 5.75 Å². The second-order valence-electron chi connectivity index (χ2n) is 8.16. The van der Waals surface area contributed by atoms with Crippen LogP contribution >= 0.6 is 7.60 Å². The molecule has 2 aromatic rings. The van der Waals surface area contributed by atoms with Crippen molar-refractivity contribution in [3.05, 3.63) is 65.7 Å². The van der Waals surface area contributed by atoms with E-state index in [0.29, 0.717) is 12.4 Å². The summed E-state index contributed by atoms with van der Waals surface area (Å²) < 4.78 is 35.5. The van der Waals surface area contributed by atoms with Crippen LogP contribution in [0.15, 0.2) is 54.6 Å². The van der Waals surface area contributed by atoms with Gasteiger partial charge in [-0.05, 0) is 57.9 Å². The predicted molar refractivity (Wildman–Crippen MR) is 125 cm³/mol. The minimum Gasteiger partial charge on any atom is -0.489 e. The molecule has 1 atom stereocenters. The second-order valence-corrected chi connectivity index (χ2v) is 10.4. The number of amides is 1. The van der Waals surface area contributed by atoms with Crippen molar-refractivity contribution in [3.63, 3.8) is 0 Å². The fourth-order valence-corrected chi connectivity index (χ4v) is 4.80. The molecule has 0 bridgehead atoms. The molecule has 176 valence electrons. The summed E-state index contributed by atoms with van der Waals surface area (Å²) in [5.74, 6) is -0.180. The first kappa shape index (κ1) is 25.9. The number of ether oxygens (including phenoxy) is 2. The summed E-state index contributed by atoms with van der Waals surface area (Å²) in [4.78, 5) is 12.4. The molecule has 0 aliphatic carbocycles. The number of nitrogens with one attached hydrogen (secondary N) is 1. The van der Waals surface area contributed by atoms with Crippen LogP contribution in [0.1, 0.15) is 45.7 Å². The number of hydrogen-bond donors (Lipinski definition) is 1. The van der Waals surface area contributed by atoms with Crippen molar-refractivity contribution in [1.29, 1.82) is 0 Å². The van der Waals surface area contributed by atoms with Gasteiger partial charge in [0.05, 0.1) is 13.2 Å². The first-order valence-electron chi connectivity index (χ1n) is 10.8. The Balaban J connectivity index is 2.13. The summed E-state index contributed by atoms with van der Waals surface area (Å²) in [7, 11) is -3.62. The maximum Gasteiger partial charge on any atom is 0.408 e. The van der Waals surface area contributed by atoms with Gasteiger partial charge >= 0.3 is 13.7 Å². The third kappa shape index (κ3) is 8.65. The number of rotatable bonds is 11. The van der Waals surface area contributed by atoms with Crippen LogP contribution in [0, 0.1) is 0 Å². The third-order valence-electron chi connectivity index (χ3n) is 4.28. The number of hydrogen-bond acceptors (Lipinski definition) is 6. The topological polar surface area (TPSA) is 83.1 Å². The van der Waals surface area contributed by atoms with E-state index >= 15 is 0 Å².